The molecule has 0 aromatic carbocycles. The van der Waals surface area contributed by atoms with Crippen molar-refractivity contribution in [1.82, 2.24) is 4.98 Å². The molecule has 0 bridgehead atoms. The van der Waals surface area contributed by atoms with Crippen molar-refractivity contribution in [3.05, 3.63) is 23.1 Å². The first-order valence-electron chi connectivity index (χ1n) is 4.38. The molecule has 1 rings (SSSR count). The Balaban J connectivity index is 3.26. The number of carbonyl (C=O) groups is 1. The van der Waals surface area contributed by atoms with Gasteiger partial charge in [-0.05, 0) is 6.07 Å². The smallest absolute Gasteiger partial charge is 0.464 e. The Morgan fingerprint density at radius 2 is 2.11 bits per heavy atom. The lowest BCUT2D eigenvalue weighted by Gasteiger charge is -2.12. The average Bonchev–Trinajstić information content (AvgIpc) is 2.28. The van der Waals surface area contributed by atoms with Crippen LogP contribution in [-0.2, 0) is 10.1 Å². The highest BCUT2D eigenvalue weighted by Gasteiger charge is 2.34. The van der Waals surface area contributed by atoms with Gasteiger partial charge in [-0.1, -0.05) is 15.9 Å². The summed E-state index contributed by atoms with van der Waals surface area (Å²) in [5, 5.41) is -0.121. The molecule has 0 unspecified atom stereocenters. The highest BCUT2D eigenvalue weighted by Crippen LogP contribution is 2.27. The normalized spacial score (nSPS) is 11.2. The molecule has 18 heavy (non-hydrogen) atoms. The summed E-state index contributed by atoms with van der Waals surface area (Å²) in [6, 6.07) is 0.717. The van der Waals surface area contributed by atoms with Crippen molar-refractivity contribution < 1.29 is 31.8 Å². The molecule has 0 radical (unpaired) electrons. The number of pyridine rings is 1. The summed E-state index contributed by atoms with van der Waals surface area (Å²) < 4.78 is 57.4. The summed E-state index contributed by atoms with van der Waals surface area (Å²) in [5.41, 5.74) is -1.06. The van der Waals surface area contributed by atoms with E-state index in [1.165, 1.54) is 0 Å². The van der Waals surface area contributed by atoms with E-state index in [4.69, 9.17) is 0 Å². The number of alkyl halides is 4. The Kier molecular flexibility index (Phi) is 4.49. The summed E-state index contributed by atoms with van der Waals surface area (Å²) >= 11 is 2.86. The number of esters is 1. The van der Waals surface area contributed by atoms with Gasteiger partial charge in [-0.15, -0.1) is 13.2 Å². The largest absolute Gasteiger partial charge is 0.574 e. The molecule has 0 fully saturated rings. The number of hydrogen-bond donors (Lipinski definition) is 0. The van der Waals surface area contributed by atoms with Crippen molar-refractivity contribution in [3.63, 3.8) is 0 Å². The van der Waals surface area contributed by atoms with Crippen LogP contribution in [0, 0.1) is 5.82 Å². The molecule has 0 amide bonds. The Hall–Kier alpha value is -1.38. The van der Waals surface area contributed by atoms with Crippen LogP contribution in [0.5, 0.6) is 5.88 Å². The minimum atomic E-state index is -4.99. The third-order valence-corrected chi connectivity index (χ3v) is 2.35. The first-order chi connectivity index (χ1) is 8.28. The average molecular weight is 332 g/mol. The van der Waals surface area contributed by atoms with Gasteiger partial charge in [0.25, 0.3) is 0 Å². The zero-order valence-corrected chi connectivity index (χ0v) is 10.4. The van der Waals surface area contributed by atoms with Gasteiger partial charge >= 0.3 is 12.3 Å². The second kappa shape index (κ2) is 5.51. The molecule has 1 aromatic heterocycles. The SMILES string of the molecule is COC(=O)c1nc(OC(F)(F)F)c(CBr)cc1F. The van der Waals surface area contributed by atoms with Crippen molar-refractivity contribution in [2.45, 2.75) is 11.7 Å². The zero-order chi connectivity index (χ0) is 13.9. The second-order valence-electron chi connectivity index (χ2n) is 2.96. The van der Waals surface area contributed by atoms with Gasteiger partial charge in [-0.3, -0.25) is 0 Å². The Morgan fingerprint density at radius 1 is 1.50 bits per heavy atom. The van der Waals surface area contributed by atoms with E-state index in [1.807, 2.05) is 0 Å². The van der Waals surface area contributed by atoms with Crippen LogP contribution in [0.25, 0.3) is 0 Å². The predicted molar refractivity (Wildman–Crippen MR) is 54.8 cm³/mol. The van der Waals surface area contributed by atoms with Crippen LogP contribution in [0.2, 0.25) is 0 Å². The fourth-order valence-electron chi connectivity index (χ4n) is 1.04. The van der Waals surface area contributed by atoms with Gasteiger partial charge in [0.1, 0.15) is 0 Å². The van der Waals surface area contributed by atoms with Crippen LogP contribution in [0.15, 0.2) is 6.07 Å². The third kappa shape index (κ3) is 3.56. The van der Waals surface area contributed by atoms with Crippen LogP contribution in [0.3, 0.4) is 0 Å². The maximum absolute atomic E-state index is 13.4. The van der Waals surface area contributed by atoms with Gasteiger partial charge in [0.2, 0.25) is 5.88 Å². The molecule has 0 saturated heterocycles. The standard InChI is InChI=1S/C9H6BrF4NO3/c1-17-8(16)6-5(11)2-4(3-10)7(15-6)18-9(12,13)14/h2H,3H2,1H3. The summed E-state index contributed by atoms with van der Waals surface area (Å²) in [6.45, 7) is 0. The number of methoxy groups -OCH3 is 1. The van der Waals surface area contributed by atoms with Crippen molar-refractivity contribution in [1.29, 1.82) is 0 Å². The van der Waals surface area contributed by atoms with Crippen molar-refractivity contribution in [3.8, 4) is 5.88 Å². The molecule has 0 atom stereocenters. The minimum absolute atomic E-state index is 0.121. The van der Waals surface area contributed by atoms with Gasteiger partial charge < -0.3 is 9.47 Å². The molecule has 0 N–H and O–H groups in total. The summed E-state index contributed by atoms with van der Waals surface area (Å²) in [5.74, 6) is -3.19. The molecule has 0 saturated carbocycles. The molecule has 1 aromatic rings. The molecular weight excluding hydrogens is 326 g/mol. The summed E-state index contributed by atoms with van der Waals surface area (Å²) in [4.78, 5) is 14.3. The second-order valence-corrected chi connectivity index (χ2v) is 3.52. The number of nitrogens with zero attached hydrogens (tertiary/aromatic N) is 1. The number of rotatable bonds is 3. The molecule has 4 nitrogen and oxygen atoms in total. The fraction of sp³-hybridized carbons (Fsp3) is 0.333. The zero-order valence-electron chi connectivity index (χ0n) is 8.85. The van der Waals surface area contributed by atoms with E-state index in [0.29, 0.717) is 0 Å². The van der Waals surface area contributed by atoms with Crippen LogP contribution in [-0.4, -0.2) is 24.4 Å². The van der Waals surface area contributed by atoms with E-state index in [0.717, 1.165) is 13.2 Å². The van der Waals surface area contributed by atoms with Gasteiger partial charge in [0, 0.05) is 10.9 Å². The number of halogens is 5. The number of hydrogen-bond acceptors (Lipinski definition) is 4. The van der Waals surface area contributed by atoms with E-state index < -0.39 is 29.7 Å². The van der Waals surface area contributed by atoms with Crippen LogP contribution < -0.4 is 4.74 Å². The van der Waals surface area contributed by atoms with Crippen molar-refractivity contribution in [2.75, 3.05) is 7.11 Å². The highest BCUT2D eigenvalue weighted by molar-refractivity contribution is 9.08. The maximum Gasteiger partial charge on any atom is 0.574 e. The first-order valence-corrected chi connectivity index (χ1v) is 5.50. The highest BCUT2D eigenvalue weighted by atomic mass is 79.9. The Bertz CT molecular complexity index is 464. The fourth-order valence-corrected chi connectivity index (χ4v) is 1.45. The summed E-state index contributed by atoms with van der Waals surface area (Å²) in [7, 11) is 0.951. The van der Waals surface area contributed by atoms with E-state index >= 15 is 0 Å². The monoisotopic (exact) mass is 331 g/mol. The molecule has 0 aliphatic carbocycles. The van der Waals surface area contributed by atoms with Gasteiger partial charge in [-0.2, -0.15) is 0 Å². The Morgan fingerprint density at radius 3 is 2.56 bits per heavy atom. The first kappa shape index (κ1) is 14.7. The number of carbonyl (C=O) groups excluding carboxylic acids is 1. The van der Waals surface area contributed by atoms with E-state index in [9.17, 15) is 22.4 Å². The van der Waals surface area contributed by atoms with Gasteiger partial charge in [0.05, 0.1) is 7.11 Å². The maximum atomic E-state index is 13.4. The Labute approximate surface area is 107 Å². The third-order valence-electron chi connectivity index (χ3n) is 1.75. The van der Waals surface area contributed by atoms with Gasteiger partial charge in [-0.25, -0.2) is 14.2 Å². The van der Waals surface area contributed by atoms with E-state index in [2.05, 4.69) is 30.4 Å². The van der Waals surface area contributed by atoms with Gasteiger partial charge in [0.15, 0.2) is 11.5 Å². The lowest BCUT2D eigenvalue weighted by atomic mass is 10.2. The quantitative estimate of drug-likeness (QED) is 0.485. The topological polar surface area (TPSA) is 48.4 Å². The minimum Gasteiger partial charge on any atom is -0.464 e. The van der Waals surface area contributed by atoms with Crippen LogP contribution in [0.4, 0.5) is 17.6 Å². The van der Waals surface area contributed by atoms with E-state index in [1.54, 1.807) is 0 Å². The number of ether oxygens (including phenoxy) is 2. The number of aromatic nitrogens is 1. The van der Waals surface area contributed by atoms with E-state index in [-0.39, 0.29) is 10.9 Å². The molecular formula is C9H6BrF4NO3. The molecule has 0 spiro atoms. The lowest BCUT2D eigenvalue weighted by Crippen LogP contribution is -2.20. The predicted octanol–water partition coefficient (Wildman–Crippen LogP) is 2.80. The molecule has 1 heterocycles. The molecule has 0 aliphatic heterocycles. The van der Waals surface area contributed by atoms with Crippen molar-refractivity contribution >= 4 is 21.9 Å². The molecule has 100 valence electrons. The van der Waals surface area contributed by atoms with Crippen LogP contribution >= 0.6 is 15.9 Å². The van der Waals surface area contributed by atoms with Crippen molar-refractivity contribution in [2.24, 2.45) is 0 Å². The molecule has 0 aliphatic rings. The molecule has 9 heteroatoms. The lowest BCUT2D eigenvalue weighted by molar-refractivity contribution is -0.276. The van der Waals surface area contributed by atoms with Crippen LogP contribution in [0.1, 0.15) is 16.1 Å². The summed E-state index contributed by atoms with van der Waals surface area (Å²) in [6.07, 6.45) is -4.99.